The van der Waals surface area contributed by atoms with Crippen LogP contribution in [-0.4, -0.2) is 61.5 Å². The van der Waals surface area contributed by atoms with Gasteiger partial charge in [-0.05, 0) is 48.1 Å². The molecule has 2 saturated carbocycles. The molecule has 1 aromatic carbocycles. The number of aliphatic hydroxyl groups excluding tert-OH is 1. The van der Waals surface area contributed by atoms with Crippen LogP contribution < -0.4 is 4.90 Å². The first kappa shape index (κ1) is 19.2. The first-order valence-electron chi connectivity index (χ1n) is 10.7. The number of hydrogen-bond donors (Lipinski definition) is 1. The fourth-order valence-electron chi connectivity index (χ4n) is 5.79. The zero-order valence-electron chi connectivity index (χ0n) is 17.2. The van der Waals surface area contributed by atoms with Crippen LogP contribution in [0.5, 0.6) is 0 Å². The molecule has 0 unspecified atom stereocenters. The van der Waals surface area contributed by atoms with Crippen molar-refractivity contribution in [3.05, 3.63) is 30.3 Å². The highest BCUT2D eigenvalue weighted by atomic mass is 16.5. The van der Waals surface area contributed by atoms with Crippen LogP contribution in [0.15, 0.2) is 30.3 Å². The highest BCUT2D eigenvalue weighted by Gasteiger charge is 2.61. The zero-order chi connectivity index (χ0) is 19.1. The van der Waals surface area contributed by atoms with E-state index in [2.05, 4.69) is 60.9 Å². The molecule has 3 fully saturated rings. The summed E-state index contributed by atoms with van der Waals surface area (Å²) >= 11 is 0. The van der Waals surface area contributed by atoms with Gasteiger partial charge in [-0.15, -0.1) is 0 Å². The van der Waals surface area contributed by atoms with E-state index in [0.717, 1.165) is 38.6 Å². The lowest BCUT2D eigenvalue weighted by atomic mass is 9.70. The Kier molecular flexibility index (Phi) is 5.26. The smallest absolute Gasteiger partial charge is 0.0900 e. The summed E-state index contributed by atoms with van der Waals surface area (Å²) in [7, 11) is 0. The predicted octanol–water partition coefficient (Wildman–Crippen LogP) is 3.40. The van der Waals surface area contributed by atoms with Crippen LogP contribution in [0.1, 0.15) is 40.0 Å². The molecule has 4 heteroatoms. The highest BCUT2D eigenvalue weighted by molar-refractivity contribution is 5.46. The number of benzene rings is 1. The Labute approximate surface area is 164 Å². The van der Waals surface area contributed by atoms with Gasteiger partial charge in [0.1, 0.15) is 0 Å². The van der Waals surface area contributed by atoms with Gasteiger partial charge >= 0.3 is 0 Å². The summed E-state index contributed by atoms with van der Waals surface area (Å²) < 4.78 is 6.28. The first-order chi connectivity index (χ1) is 12.9. The van der Waals surface area contributed by atoms with Crippen LogP contribution >= 0.6 is 0 Å². The summed E-state index contributed by atoms with van der Waals surface area (Å²) in [5.41, 5.74) is 1.95. The summed E-state index contributed by atoms with van der Waals surface area (Å²) in [6, 6.07) is 10.6. The van der Waals surface area contributed by atoms with E-state index in [4.69, 9.17) is 4.74 Å². The van der Waals surface area contributed by atoms with Gasteiger partial charge in [-0.1, -0.05) is 39.0 Å². The van der Waals surface area contributed by atoms with Crippen LogP contribution in [0.3, 0.4) is 0 Å². The first-order valence-corrected chi connectivity index (χ1v) is 10.7. The number of aliphatic hydroxyl groups is 1. The van der Waals surface area contributed by atoms with Gasteiger partial charge in [-0.3, -0.25) is 4.90 Å². The van der Waals surface area contributed by atoms with Crippen LogP contribution in [-0.2, 0) is 4.74 Å². The number of hydrogen-bond acceptors (Lipinski definition) is 4. The molecule has 0 spiro atoms. The number of nitrogens with zero attached hydrogens (tertiary/aromatic N) is 2. The van der Waals surface area contributed by atoms with Crippen LogP contribution in [0, 0.1) is 16.7 Å². The lowest BCUT2D eigenvalue weighted by molar-refractivity contribution is -0.0794. The molecular formula is C23H36N2O2. The van der Waals surface area contributed by atoms with Crippen molar-refractivity contribution in [1.29, 1.82) is 0 Å². The standard InChI is InChI=1S/C23H36N2O2/c1-22(2)18-9-10-23(22,3)21(15-18)27-17-20(26)16-24-11-13-25(14-12-24)19-7-5-4-6-8-19/h4-8,18,20-21,26H,9-17H2,1-3H3/t18-,20+,21+,23+/m0/s1. The zero-order valence-corrected chi connectivity index (χ0v) is 17.2. The van der Waals surface area contributed by atoms with Crippen LogP contribution in [0.2, 0.25) is 0 Å². The third-order valence-electron chi connectivity index (χ3n) is 8.17. The molecule has 2 bridgehead atoms. The molecule has 1 saturated heterocycles. The molecular weight excluding hydrogens is 336 g/mol. The molecule has 1 aromatic rings. The topological polar surface area (TPSA) is 35.9 Å². The van der Waals surface area contributed by atoms with E-state index in [-0.39, 0.29) is 11.5 Å². The molecule has 150 valence electrons. The van der Waals surface area contributed by atoms with E-state index < -0.39 is 0 Å². The normalized spacial score (nSPS) is 34.1. The average molecular weight is 373 g/mol. The van der Waals surface area contributed by atoms with Crippen molar-refractivity contribution in [2.45, 2.75) is 52.2 Å². The Balaban J connectivity index is 1.21. The monoisotopic (exact) mass is 372 g/mol. The minimum atomic E-state index is -0.390. The largest absolute Gasteiger partial charge is 0.389 e. The molecule has 1 aliphatic heterocycles. The minimum Gasteiger partial charge on any atom is -0.389 e. The van der Waals surface area contributed by atoms with E-state index in [9.17, 15) is 5.11 Å². The van der Waals surface area contributed by atoms with Gasteiger partial charge in [-0.2, -0.15) is 0 Å². The molecule has 4 nitrogen and oxygen atoms in total. The summed E-state index contributed by atoms with van der Waals surface area (Å²) in [5, 5.41) is 10.5. The molecule has 0 radical (unpaired) electrons. The molecule has 0 aromatic heterocycles. The quantitative estimate of drug-likeness (QED) is 0.830. The molecule has 4 rings (SSSR count). The lowest BCUT2D eigenvalue weighted by Gasteiger charge is -2.39. The second-order valence-electron chi connectivity index (χ2n) is 9.71. The Bertz CT molecular complexity index is 627. The van der Waals surface area contributed by atoms with Gasteiger partial charge in [-0.25, -0.2) is 0 Å². The molecule has 27 heavy (non-hydrogen) atoms. The van der Waals surface area contributed by atoms with Crippen molar-refractivity contribution in [3.63, 3.8) is 0 Å². The maximum atomic E-state index is 10.5. The maximum Gasteiger partial charge on any atom is 0.0900 e. The van der Waals surface area contributed by atoms with E-state index >= 15 is 0 Å². The molecule has 3 aliphatic rings. The number of piperazine rings is 1. The Morgan fingerprint density at radius 1 is 1.11 bits per heavy atom. The molecule has 4 atom stereocenters. The van der Waals surface area contributed by atoms with Crippen LogP contribution in [0.4, 0.5) is 5.69 Å². The number of β-amino-alcohol motifs (C(OH)–C–C–N with tert-alkyl or cyclic N) is 1. The van der Waals surface area contributed by atoms with E-state index in [1.807, 2.05) is 0 Å². The Hall–Kier alpha value is -1.10. The SMILES string of the molecule is CC1(C)[C@H]2CC[C@]1(C)[C@H](OC[C@H](O)CN1CCN(c3ccccc3)CC1)C2. The van der Waals surface area contributed by atoms with Crippen molar-refractivity contribution in [2.75, 3.05) is 44.2 Å². The van der Waals surface area contributed by atoms with Gasteiger partial charge in [0, 0.05) is 38.4 Å². The second kappa shape index (κ2) is 7.38. The summed E-state index contributed by atoms with van der Waals surface area (Å²) in [6.45, 7) is 12.5. The summed E-state index contributed by atoms with van der Waals surface area (Å²) in [5.74, 6) is 0.788. The van der Waals surface area contributed by atoms with Crippen molar-refractivity contribution in [1.82, 2.24) is 4.90 Å². The van der Waals surface area contributed by atoms with Gasteiger partial charge in [0.25, 0.3) is 0 Å². The van der Waals surface area contributed by atoms with Crippen molar-refractivity contribution < 1.29 is 9.84 Å². The number of fused-ring (bicyclic) bond motifs is 2. The maximum absolute atomic E-state index is 10.5. The summed E-state index contributed by atoms with van der Waals surface area (Å²) in [4.78, 5) is 4.80. The van der Waals surface area contributed by atoms with Gasteiger partial charge in [0.05, 0.1) is 18.8 Å². The van der Waals surface area contributed by atoms with E-state index in [1.54, 1.807) is 0 Å². The predicted molar refractivity (Wildman–Crippen MR) is 110 cm³/mol. The average Bonchev–Trinajstić information content (AvgIpc) is 3.01. The number of ether oxygens (including phenoxy) is 1. The third-order valence-corrected chi connectivity index (χ3v) is 8.17. The molecule has 2 aliphatic carbocycles. The summed E-state index contributed by atoms with van der Waals surface area (Å²) in [6.07, 6.45) is 3.71. The van der Waals surface area contributed by atoms with Crippen LogP contribution in [0.25, 0.3) is 0 Å². The van der Waals surface area contributed by atoms with Crippen molar-refractivity contribution >= 4 is 5.69 Å². The molecule has 0 amide bonds. The molecule has 1 heterocycles. The van der Waals surface area contributed by atoms with Crippen molar-refractivity contribution in [3.8, 4) is 0 Å². The second-order valence-corrected chi connectivity index (χ2v) is 9.71. The molecule has 1 N–H and O–H groups in total. The van der Waals surface area contributed by atoms with E-state index in [0.29, 0.717) is 18.1 Å². The third kappa shape index (κ3) is 3.52. The minimum absolute atomic E-state index is 0.276. The van der Waals surface area contributed by atoms with Gasteiger partial charge < -0.3 is 14.7 Å². The van der Waals surface area contributed by atoms with Gasteiger partial charge in [0.15, 0.2) is 0 Å². The Morgan fingerprint density at radius 3 is 2.41 bits per heavy atom. The highest BCUT2D eigenvalue weighted by Crippen LogP contribution is 2.66. The number of anilines is 1. The fraction of sp³-hybridized carbons (Fsp3) is 0.739. The lowest BCUT2D eigenvalue weighted by Crippen LogP contribution is -2.49. The fourth-order valence-corrected chi connectivity index (χ4v) is 5.79. The van der Waals surface area contributed by atoms with E-state index in [1.165, 1.54) is 24.9 Å². The van der Waals surface area contributed by atoms with Gasteiger partial charge in [0.2, 0.25) is 0 Å². The van der Waals surface area contributed by atoms with Crippen molar-refractivity contribution in [2.24, 2.45) is 16.7 Å². The number of rotatable bonds is 6. The number of para-hydroxylation sites is 1. The Morgan fingerprint density at radius 2 is 1.81 bits per heavy atom.